The van der Waals surface area contributed by atoms with Crippen LogP contribution in [-0.4, -0.2) is 19.6 Å². The van der Waals surface area contributed by atoms with Gasteiger partial charge in [0, 0.05) is 0 Å². The van der Waals surface area contributed by atoms with E-state index in [0.29, 0.717) is 5.78 Å². The highest BCUT2D eigenvalue weighted by molar-refractivity contribution is 5.78. The van der Waals surface area contributed by atoms with Crippen LogP contribution in [0.2, 0.25) is 0 Å². The maximum atomic E-state index is 11.2. The lowest BCUT2D eigenvalue weighted by molar-refractivity contribution is 0.921. The van der Waals surface area contributed by atoms with E-state index < -0.39 is 5.56 Å². The molecule has 0 radical (unpaired) electrons. The molecule has 6 nitrogen and oxygen atoms in total. The number of anilines is 1. The van der Waals surface area contributed by atoms with Crippen molar-refractivity contribution in [2.45, 2.75) is 0 Å². The molecule has 74 valence electrons. The van der Waals surface area contributed by atoms with Crippen LogP contribution in [0.25, 0.3) is 16.8 Å². The van der Waals surface area contributed by atoms with Crippen LogP contribution in [0.1, 0.15) is 0 Å². The molecule has 3 rings (SSSR count). The van der Waals surface area contributed by atoms with E-state index in [2.05, 4.69) is 15.1 Å². The first kappa shape index (κ1) is 7.98. The Balaban J connectivity index is 2.61. The van der Waals surface area contributed by atoms with Crippen LogP contribution in [0.3, 0.4) is 0 Å². The molecule has 3 aromatic rings. The van der Waals surface area contributed by atoms with Gasteiger partial charge in [-0.2, -0.15) is 4.52 Å². The third-order valence-electron chi connectivity index (χ3n) is 2.20. The zero-order valence-electron chi connectivity index (χ0n) is 7.64. The minimum atomic E-state index is -0.419. The summed E-state index contributed by atoms with van der Waals surface area (Å²) in [7, 11) is 0. The SMILES string of the molecule is Nc1nn2c(nc3ccccc32)[nH]c1=O. The molecule has 0 unspecified atom stereocenters. The van der Waals surface area contributed by atoms with Gasteiger partial charge >= 0.3 is 0 Å². The van der Waals surface area contributed by atoms with Crippen LogP contribution in [0.4, 0.5) is 5.82 Å². The Bertz CT molecular complexity index is 711. The van der Waals surface area contributed by atoms with Gasteiger partial charge in [-0.05, 0) is 12.1 Å². The Kier molecular flexibility index (Phi) is 1.37. The molecule has 0 aliphatic rings. The van der Waals surface area contributed by atoms with E-state index in [4.69, 9.17) is 5.73 Å². The van der Waals surface area contributed by atoms with Gasteiger partial charge in [0.2, 0.25) is 11.6 Å². The third kappa shape index (κ3) is 1.01. The number of H-pyrrole nitrogens is 1. The molecule has 0 bridgehead atoms. The first-order valence-electron chi connectivity index (χ1n) is 4.39. The fourth-order valence-electron chi connectivity index (χ4n) is 1.51. The van der Waals surface area contributed by atoms with Gasteiger partial charge in [-0.3, -0.25) is 9.78 Å². The smallest absolute Gasteiger partial charge is 0.295 e. The molecule has 0 aliphatic carbocycles. The van der Waals surface area contributed by atoms with Gasteiger partial charge in [0.15, 0.2) is 0 Å². The van der Waals surface area contributed by atoms with Gasteiger partial charge in [0.25, 0.3) is 5.56 Å². The second kappa shape index (κ2) is 2.57. The summed E-state index contributed by atoms with van der Waals surface area (Å²) < 4.78 is 1.52. The zero-order chi connectivity index (χ0) is 10.4. The van der Waals surface area contributed by atoms with E-state index in [-0.39, 0.29) is 5.82 Å². The highest BCUT2D eigenvalue weighted by atomic mass is 16.1. The number of rotatable bonds is 0. The largest absolute Gasteiger partial charge is 0.378 e. The van der Waals surface area contributed by atoms with Crippen molar-refractivity contribution in [1.82, 2.24) is 19.6 Å². The lowest BCUT2D eigenvalue weighted by Crippen LogP contribution is -2.16. The number of nitrogens with zero attached hydrogens (tertiary/aromatic N) is 3. The van der Waals surface area contributed by atoms with Gasteiger partial charge in [-0.1, -0.05) is 12.1 Å². The van der Waals surface area contributed by atoms with Crippen molar-refractivity contribution in [3.63, 3.8) is 0 Å². The number of fused-ring (bicyclic) bond motifs is 3. The standard InChI is InChI=1S/C9H7N5O/c10-7-8(15)12-9-11-5-3-1-2-4-6(5)14(9)13-7/h1-4H,(H2,10,13)(H,11,12,15). The second-order valence-electron chi connectivity index (χ2n) is 3.18. The zero-order valence-corrected chi connectivity index (χ0v) is 7.64. The number of nitrogens with one attached hydrogen (secondary N) is 1. The van der Waals surface area contributed by atoms with E-state index in [1.165, 1.54) is 4.52 Å². The molecule has 1 aromatic carbocycles. The molecule has 0 saturated carbocycles. The average Bonchev–Trinajstić information content (AvgIpc) is 2.57. The Morgan fingerprint density at radius 1 is 1.33 bits per heavy atom. The molecule has 3 N–H and O–H groups in total. The average molecular weight is 201 g/mol. The first-order chi connectivity index (χ1) is 7.25. The Labute approximate surface area is 83.4 Å². The molecule has 0 aliphatic heterocycles. The third-order valence-corrected chi connectivity index (χ3v) is 2.20. The van der Waals surface area contributed by atoms with E-state index >= 15 is 0 Å². The first-order valence-corrected chi connectivity index (χ1v) is 4.39. The predicted octanol–water partition coefficient (Wildman–Crippen LogP) is 0.153. The molecule has 2 aromatic heterocycles. The fourth-order valence-corrected chi connectivity index (χ4v) is 1.51. The highest BCUT2D eigenvalue weighted by Gasteiger charge is 2.06. The summed E-state index contributed by atoms with van der Waals surface area (Å²) in [6.45, 7) is 0. The van der Waals surface area contributed by atoms with Crippen LogP contribution in [0.5, 0.6) is 0 Å². The number of nitrogen functional groups attached to an aromatic ring is 1. The van der Waals surface area contributed by atoms with Crippen molar-refractivity contribution in [3.8, 4) is 0 Å². The number of nitrogens with two attached hydrogens (primary N) is 1. The van der Waals surface area contributed by atoms with E-state index in [1.807, 2.05) is 24.3 Å². The number of aromatic amines is 1. The van der Waals surface area contributed by atoms with E-state index in [0.717, 1.165) is 11.0 Å². The molecule has 0 saturated heterocycles. The summed E-state index contributed by atoms with van der Waals surface area (Å²) in [6.07, 6.45) is 0. The van der Waals surface area contributed by atoms with Crippen LogP contribution in [-0.2, 0) is 0 Å². The minimum Gasteiger partial charge on any atom is -0.378 e. The molecule has 0 fully saturated rings. The Morgan fingerprint density at radius 2 is 2.13 bits per heavy atom. The number of imidazole rings is 1. The maximum Gasteiger partial charge on any atom is 0.295 e. The summed E-state index contributed by atoms with van der Waals surface area (Å²) in [4.78, 5) is 18.0. The van der Waals surface area contributed by atoms with Gasteiger partial charge < -0.3 is 5.73 Å². The fraction of sp³-hybridized carbons (Fsp3) is 0. The number of para-hydroxylation sites is 2. The molecule has 0 atom stereocenters. The minimum absolute atomic E-state index is 0.0642. The van der Waals surface area contributed by atoms with Gasteiger partial charge in [-0.25, -0.2) is 4.98 Å². The van der Waals surface area contributed by atoms with E-state index in [1.54, 1.807) is 0 Å². The van der Waals surface area contributed by atoms with Crippen LogP contribution < -0.4 is 11.3 Å². The summed E-state index contributed by atoms with van der Waals surface area (Å²) in [5.41, 5.74) is 6.60. The van der Waals surface area contributed by atoms with E-state index in [9.17, 15) is 4.79 Å². The quantitative estimate of drug-likeness (QED) is 0.542. The Morgan fingerprint density at radius 3 is 3.00 bits per heavy atom. The van der Waals surface area contributed by atoms with Crippen molar-refractivity contribution in [1.29, 1.82) is 0 Å². The molecule has 0 amide bonds. The van der Waals surface area contributed by atoms with Gasteiger partial charge in [0.1, 0.15) is 0 Å². The van der Waals surface area contributed by atoms with Crippen molar-refractivity contribution in [2.24, 2.45) is 0 Å². The van der Waals surface area contributed by atoms with Crippen molar-refractivity contribution in [3.05, 3.63) is 34.6 Å². The van der Waals surface area contributed by atoms with Crippen molar-refractivity contribution in [2.75, 3.05) is 5.73 Å². The molecule has 0 spiro atoms. The summed E-state index contributed by atoms with van der Waals surface area (Å²) in [5, 5.41) is 3.95. The normalized spacial score (nSPS) is 11.2. The molecular formula is C9H7N5O. The van der Waals surface area contributed by atoms with Crippen LogP contribution in [0.15, 0.2) is 29.1 Å². The lowest BCUT2D eigenvalue weighted by atomic mass is 10.3. The maximum absolute atomic E-state index is 11.2. The van der Waals surface area contributed by atoms with Crippen molar-refractivity contribution >= 4 is 22.6 Å². The van der Waals surface area contributed by atoms with Gasteiger partial charge in [0.05, 0.1) is 11.0 Å². The number of aromatic nitrogens is 4. The van der Waals surface area contributed by atoms with Crippen LogP contribution >= 0.6 is 0 Å². The Hall–Kier alpha value is -2.37. The number of benzene rings is 1. The number of hydrogen-bond acceptors (Lipinski definition) is 4. The summed E-state index contributed by atoms with van der Waals surface area (Å²) in [6, 6.07) is 7.45. The van der Waals surface area contributed by atoms with Crippen molar-refractivity contribution < 1.29 is 0 Å². The topological polar surface area (TPSA) is 89.1 Å². The lowest BCUT2D eigenvalue weighted by Gasteiger charge is -1.94. The van der Waals surface area contributed by atoms with Crippen LogP contribution in [0, 0.1) is 0 Å². The molecule has 6 heteroatoms. The molecule has 2 heterocycles. The summed E-state index contributed by atoms with van der Waals surface area (Å²) >= 11 is 0. The monoisotopic (exact) mass is 201 g/mol. The highest BCUT2D eigenvalue weighted by Crippen LogP contribution is 2.12. The molecule has 15 heavy (non-hydrogen) atoms. The molecular weight excluding hydrogens is 194 g/mol. The predicted molar refractivity (Wildman–Crippen MR) is 55.5 cm³/mol. The number of hydrogen-bond donors (Lipinski definition) is 2. The second-order valence-corrected chi connectivity index (χ2v) is 3.18. The summed E-state index contributed by atoms with van der Waals surface area (Å²) in [5.74, 6) is 0.334. The van der Waals surface area contributed by atoms with Gasteiger partial charge in [-0.15, -0.1) is 5.10 Å².